The molecule has 0 saturated carbocycles. The summed E-state index contributed by atoms with van der Waals surface area (Å²) >= 11 is 0. The second kappa shape index (κ2) is 5.65. The van der Waals surface area contributed by atoms with Crippen LogP contribution in [-0.2, 0) is 0 Å². The van der Waals surface area contributed by atoms with E-state index in [-0.39, 0.29) is 11.7 Å². The molecular formula is C16H17NO3. The third-order valence-corrected chi connectivity index (χ3v) is 3.09. The van der Waals surface area contributed by atoms with E-state index >= 15 is 0 Å². The maximum absolute atomic E-state index is 12.2. The summed E-state index contributed by atoms with van der Waals surface area (Å²) in [7, 11) is 1.56. The molecule has 0 saturated heterocycles. The number of phenols is 1. The first-order valence-corrected chi connectivity index (χ1v) is 6.27. The van der Waals surface area contributed by atoms with Crippen LogP contribution in [-0.4, -0.2) is 18.1 Å². The van der Waals surface area contributed by atoms with Crippen LogP contribution in [0.4, 0.5) is 5.69 Å². The lowest BCUT2D eigenvalue weighted by molar-refractivity contribution is 0.102. The van der Waals surface area contributed by atoms with Gasteiger partial charge in [-0.1, -0.05) is 6.07 Å². The summed E-state index contributed by atoms with van der Waals surface area (Å²) in [5.74, 6) is 0.622. The highest BCUT2D eigenvalue weighted by Gasteiger charge is 2.11. The van der Waals surface area contributed by atoms with Crippen LogP contribution < -0.4 is 10.1 Å². The Hall–Kier alpha value is -2.49. The number of aryl methyl sites for hydroxylation is 2. The summed E-state index contributed by atoms with van der Waals surface area (Å²) in [5.41, 5.74) is 2.88. The predicted octanol–water partition coefficient (Wildman–Crippen LogP) is 3.27. The van der Waals surface area contributed by atoms with E-state index in [1.54, 1.807) is 43.5 Å². The molecule has 0 aliphatic heterocycles. The van der Waals surface area contributed by atoms with E-state index in [0.717, 1.165) is 16.8 Å². The van der Waals surface area contributed by atoms with Gasteiger partial charge in [0.25, 0.3) is 5.91 Å². The van der Waals surface area contributed by atoms with Gasteiger partial charge in [-0.15, -0.1) is 0 Å². The van der Waals surface area contributed by atoms with Gasteiger partial charge < -0.3 is 15.2 Å². The van der Waals surface area contributed by atoms with Crippen molar-refractivity contribution in [1.82, 2.24) is 0 Å². The van der Waals surface area contributed by atoms with E-state index < -0.39 is 0 Å². The maximum Gasteiger partial charge on any atom is 0.255 e. The van der Waals surface area contributed by atoms with Crippen molar-refractivity contribution in [3.8, 4) is 11.5 Å². The first-order chi connectivity index (χ1) is 9.51. The molecule has 0 aromatic heterocycles. The zero-order valence-corrected chi connectivity index (χ0v) is 11.7. The normalized spacial score (nSPS) is 10.2. The van der Waals surface area contributed by atoms with Crippen LogP contribution in [0.3, 0.4) is 0 Å². The van der Waals surface area contributed by atoms with Gasteiger partial charge in [-0.2, -0.15) is 0 Å². The molecule has 2 N–H and O–H groups in total. The smallest absolute Gasteiger partial charge is 0.255 e. The Bertz CT molecular complexity index is 627. The Morgan fingerprint density at radius 2 is 1.80 bits per heavy atom. The Labute approximate surface area is 118 Å². The van der Waals surface area contributed by atoms with Gasteiger partial charge in [0.05, 0.1) is 7.11 Å². The van der Waals surface area contributed by atoms with Crippen molar-refractivity contribution in [1.29, 1.82) is 0 Å². The van der Waals surface area contributed by atoms with Crippen LogP contribution in [0.1, 0.15) is 21.5 Å². The topological polar surface area (TPSA) is 58.6 Å². The van der Waals surface area contributed by atoms with Crippen molar-refractivity contribution in [3.63, 3.8) is 0 Å². The van der Waals surface area contributed by atoms with Crippen molar-refractivity contribution in [2.75, 3.05) is 12.4 Å². The third-order valence-electron chi connectivity index (χ3n) is 3.09. The number of rotatable bonds is 3. The number of aromatic hydroxyl groups is 1. The number of phenolic OH excluding ortho intramolecular Hbond substituents is 1. The van der Waals surface area contributed by atoms with Crippen LogP contribution in [0.25, 0.3) is 0 Å². The number of amides is 1. The number of carbonyl (C=O) groups is 1. The lowest BCUT2D eigenvalue weighted by atomic mass is 10.1. The fourth-order valence-corrected chi connectivity index (χ4v) is 2.09. The standard InChI is InChI=1S/C16H17NO3/c1-10-7-13(18)8-11(2)15(10)17-16(19)12-5-4-6-14(9-12)20-3/h4-9,18H,1-3H3,(H,17,19). The molecule has 2 aromatic carbocycles. The number of benzene rings is 2. The molecule has 2 aromatic rings. The summed E-state index contributed by atoms with van der Waals surface area (Å²) in [6.07, 6.45) is 0. The van der Waals surface area contributed by atoms with Crippen LogP contribution in [0, 0.1) is 13.8 Å². The van der Waals surface area contributed by atoms with Crippen LogP contribution in [0.15, 0.2) is 36.4 Å². The molecule has 1 amide bonds. The highest BCUT2D eigenvalue weighted by atomic mass is 16.5. The molecule has 4 heteroatoms. The number of ether oxygens (including phenoxy) is 1. The van der Waals surface area contributed by atoms with Gasteiger partial charge in [0, 0.05) is 11.3 Å². The summed E-state index contributed by atoms with van der Waals surface area (Å²) in [4.78, 5) is 12.2. The minimum atomic E-state index is -0.208. The summed E-state index contributed by atoms with van der Waals surface area (Å²) < 4.78 is 5.11. The SMILES string of the molecule is COc1cccc(C(=O)Nc2c(C)cc(O)cc2C)c1. The minimum Gasteiger partial charge on any atom is -0.508 e. The Kier molecular flexibility index (Phi) is 3.94. The molecule has 0 aliphatic rings. The third kappa shape index (κ3) is 2.91. The van der Waals surface area contributed by atoms with Gasteiger partial charge >= 0.3 is 0 Å². The molecule has 0 aliphatic carbocycles. The molecule has 104 valence electrons. The zero-order chi connectivity index (χ0) is 14.7. The first kappa shape index (κ1) is 13.9. The predicted molar refractivity (Wildman–Crippen MR) is 78.5 cm³/mol. The Balaban J connectivity index is 2.28. The summed E-state index contributed by atoms with van der Waals surface area (Å²) in [6, 6.07) is 10.2. The average molecular weight is 271 g/mol. The molecule has 0 atom stereocenters. The van der Waals surface area contributed by atoms with Crippen LogP contribution >= 0.6 is 0 Å². The highest BCUT2D eigenvalue weighted by molar-refractivity contribution is 6.05. The first-order valence-electron chi connectivity index (χ1n) is 6.27. The quantitative estimate of drug-likeness (QED) is 0.842. The number of hydrogen-bond donors (Lipinski definition) is 2. The maximum atomic E-state index is 12.2. The molecular weight excluding hydrogens is 254 g/mol. The van der Waals surface area contributed by atoms with Crippen molar-refractivity contribution in [2.45, 2.75) is 13.8 Å². The van der Waals surface area contributed by atoms with Gasteiger partial charge in [-0.3, -0.25) is 4.79 Å². The van der Waals surface area contributed by atoms with E-state index in [1.165, 1.54) is 0 Å². The van der Waals surface area contributed by atoms with Gasteiger partial charge in [-0.25, -0.2) is 0 Å². The van der Waals surface area contributed by atoms with Crippen LogP contribution in [0.2, 0.25) is 0 Å². The van der Waals surface area contributed by atoms with E-state index in [4.69, 9.17) is 4.74 Å². The largest absolute Gasteiger partial charge is 0.508 e. The van der Waals surface area contributed by atoms with Crippen molar-refractivity contribution >= 4 is 11.6 Å². The number of hydrogen-bond acceptors (Lipinski definition) is 3. The van der Waals surface area contributed by atoms with Crippen molar-refractivity contribution in [2.24, 2.45) is 0 Å². The minimum absolute atomic E-state index is 0.194. The van der Waals surface area contributed by atoms with E-state index in [0.29, 0.717) is 11.3 Å². The zero-order valence-electron chi connectivity index (χ0n) is 11.7. The highest BCUT2D eigenvalue weighted by Crippen LogP contribution is 2.26. The van der Waals surface area contributed by atoms with Crippen molar-refractivity contribution < 1.29 is 14.6 Å². The molecule has 0 spiro atoms. The average Bonchev–Trinajstić information content (AvgIpc) is 2.42. The lowest BCUT2D eigenvalue weighted by Crippen LogP contribution is -2.13. The van der Waals surface area contributed by atoms with E-state index in [2.05, 4.69) is 5.32 Å². The molecule has 0 fully saturated rings. The van der Waals surface area contributed by atoms with E-state index in [1.807, 2.05) is 13.8 Å². The van der Waals surface area contributed by atoms with Gasteiger partial charge in [0.1, 0.15) is 11.5 Å². The molecule has 0 unspecified atom stereocenters. The summed E-state index contributed by atoms with van der Waals surface area (Å²) in [5, 5.41) is 12.4. The molecule has 4 nitrogen and oxygen atoms in total. The molecule has 0 heterocycles. The van der Waals surface area contributed by atoms with E-state index in [9.17, 15) is 9.90 Å². The Morgan fingerprint density at radius 1 is 1.15 bits per heavy atom. The molecule has 0 bridgehead atoms. The monoisotopic (exact) mass is 271 g/mol. The fraction of sp³-hybridized carbons (Fsp3) is 0.188. The van der Waals surface area contributed by atoms with Gasteiger partial charge in [-0.05, 0) is 55.3 Å². The molecule has 0 radical (unpaired) electrons. The molecule has 2 rings (SSSR count). The number of nitrogens with one attached hydrogen (secondary N) is 1. The van der Waals surface area contributed by atoms with Crippen molar-refractivity contribution in [3.05, 3.63) is 53.1 Å². The fourth-order valence-electron chi connectivity index (χ4n) is 2.09. The second-order valence-electron chi connectivity index (χ2n) is 4.64. The molecule has 20 heavy (non-hydrogen) atoms. The van der Waals surface area contributed by atoms with Gasteiger partial charge in [0.2, 0.25) is 0 Å². The van der Waals surface area contributed by atoms with Gasteiger partial charge in [0.15, 0.2) is 0 Å². The van der Waals surface area contributed by atoms with Crippen LogP contribution in [0.5, 0.6) is 11.5 Å². The number of anilines is 1. The number of methoxy groups -OCH3 is 1. The number of carbonyl (C=O) groups excluding carboxylic acids is 1. The Morgan fingerprint density at radius 3 is 2.40 bits per heavy atom. The second-order valence-corrected chi connectivity index (χ2v) is 4.64. The summed E-state index contributed by atoms with van der Waals surface area (Å²) in [6.45, 7) is 3.68. The lowest BCUT2D eigenvalue weighted by Gasteiger charge is -2.12.